The number of aromatic nitrogens is 6. The molecule has 0 unspecified atom stereocenters. The molecular weight excluding hydrogens is 584 g/mol. The van der Waals surface area contributed by atoms with Crippen LogP contribution in [0.5, 0.6) is 5.75 Å². The van der Waals surface area contributed by atoms with Crippen molar-refractivity contribution in [1.29, 1.82) is 0 Å². The molecule has 0 saturated carbocycles. The van der Waals surface area contributed by atoms with E-state index in [0.29, 0.717) is 19.1 Å². The SMILES string of the molecule is CN(C)CCOc1cc(F)c(N(CCN(C)C)c2ncc(F)c(N[C@@H]3C[C@@H]4CCCN4C(C)(C)C3)n2)cc1-n1nnn(C)c1=O. The molecule has 2 atom stereocenters. The highest BCUT2D eigenvalue weighted by Crippen LogP contribution is 2.39. The van der Waals surface area contributed by atoms with Crippen molar-refractivity contribution in [2.24, 2.45) is 7.05 Å². The molecule has 15 heteroatoms. The second kappa shape index (κ2) is 13.3. The Morgan fingerprint density at radius 1 is 1.07 bits per heavy atom. The van der Waals surface area contributed by atoms with Crippen LogP contribution in [0.3, 0.4) is 0 Å². The van der Waals surface area contributed by atoms with Crippen LogP contribution in [-0.2, 0) is 7.05 Å². The number of nitrogens with one attached hydrogen (secondary N) is 1. The number of halogens is 2. The number of hydrogen-bond acceptors (Lipinski definition) is 11. The van der Waals surface area contributed by atoms with E-state index in [0.717, 1.165) is 41.4 Å². The van der Waals surface area contributed by atoms with Crippen molar-refractivity contribution in [2.75, 3.05) is 71.2 Å². The lowest BCUT2D eigenvalue weighted by Crippen LogP contribution is -2.55. The van der Waals surface area contributed by atoms with E-state index in [1.54, 1.807) is 4.90 Å². The summed E-state index contributed by atoms with van der Waals surface area (Å²) in [6.45, 7) is 7.18. The van der Waals surface area contributed by atoms with Crippen LogP contribution in [0.25, 0.3) is 5.69 Å². The van der Waals surface area contributed by atoms with E-state index in [1.807, 2.05) is 38.0 Å². The first kappa shape index (κ1) is 32.7. The molecule has 0 bridgehead atoms. The van der Waals surface area contributed by atoms with Crippen molar-refractivity contribution < 1.29 is 13.5 Å². The zero-order chi connectivity index (χ0) is 32.5. The predicted molar refractivity (Wildman–Crippen MR) is 169 cm³/mol. The lowest BCUT2D eigenvalue weighted by molar-refractivity contribution is 0.0500. The van der Waals surface area contributed by atoms with E-state index < -0.39 is 17.3 Å². The number of anilines is 3. The molecule has 2 aliphatic rings. The van der Waals surface area contributed by atoms with E-state index in [9.17, 15) is 4.79 Å². The van der Waals surface area contributed by atoms with Crippen molar-refractivity contribution in [1.82, 2.24) is 44.5 Å². The van der Waals surface area contributed by atoms with Gasteiger partial charge in [0.1, 0.15) is 18.0 Å². The van der Waals surface area contributed by atoms with Crippen LogP contribution in [-0.4, -0.2) is 123 Å². The van der Waals surface area contributed by atoms with Crippen LogP contribution >= 0.6 is 0 Å². The third kappa shape index (κ3) is 7.25. The van der Waals surface area contributed by atoms with Gasteiger partial charge in [0, 0.05) is 50.4 Å². The minimum absolute atomic E-state index is 0.0184. The van der Waals surface area contributed by atoms with Gasteiger partial charge in [0.25, 0.3) is 0 Å². The molecule has 2 fully saturated rings. The average molecular weight is 630 g/mol. The van der Waals surface area contributed by atoms with Gasteiger partial charge < -0.3 is 24.8 Å². The van der Waals surface area contributed by atoms with Gasteiger partial charge in [-0.15, -0.1) is 0 Å². The number of rotatable bonds is 12. The summed E-state index contributed by atoms with van der Waals surface area (Å²) in [7, 11) is 9.07. The third-order valence-corrected chi connectivity index (χ3v) is 8.61. The van der Waals surface area contributed by atoms with Crippen LogP contribution in [0.4, 0.5) is 26.2 Å². The van der Waals surface area contributed by atoms with Crippen molar-refractivity contribution in [3.05, 3.63) is 40.4 Å². The third-order valence-electron chi connectivity index (χ3n) is 8.61. The van der Waals surface area contributed by atoms with Gasteiger partial charge in [-0.1, -0.05) is 0 Å². The normalized spacial score (nSPS) is 19.7. The molecule has 2 saturated heterocycles. The van der Waals surface area contributed by atoms with Crippen molar-refractivity contribution in [3.8, 4) is 11.4 Å². The van der Waals surface area contributed by atoms with Gasteiger partial charge in [0.2, 0.25) is 5.95 Å². The summed E-state index contributed by atoms with van der Waals surface area (Å²) in [5.74, 6) is -0.856. The summed E-state index contributed by atoms with van der Waals surface area (Å²) in [6.07, 6.45) is 5.15. The molecule has 2 aliphatic heterocycles. The zero-order valence-corrected chi connectivity index (χ0v) is 27.3. The van der Waals surface area contributed by atoms with Crippen LogP contribution in [0.2, 0.25) is 0 Å². The standard InChI is InChI=1S/C30H45F2N11O2/c1-30(2)18-20(15-21-9-8-10-42(21)30)34-27-23(32)19-33-28(35-27)41(12-11-38(3)4)24-17-25(43-29(44)40(7)36-37-43)26(16-22(24)31)45-14-13-39(5)6/h16-17,19-21H,8-15,18H2,1-7H3,(H,33,34,35)/t20-,21+/m1/s1. The highest BCUT2D eigenvalue weighted by Gasteiger charge is 2.43. The fraction of sp³-hybridized carbons (Fsp3) is 0.633. The van der Waals surface area contributed by atoms with Crippen LogP contribution < -0.4 is 20.6 Å². The zero-order valence-electron chi connectivity index (χ0n) is 27.3. The van der Waals surface area contributed by atoms with Gasteiger partial charge in [-0.05, 0) is 90.8 Å². The molecule has 0 radical (unpaired) electrons. The second-order valence-electron chi connectivity index (χ2n) is 13.1. The second-order valence-corrected chi connectivity index (χ2v) is 13.1. The minimum Gasteiger partial charge on any atom is -0.490 e. The predicted octanol–water partition coefficient (Wildman–Crippen LogP) is 2.49. The largest absolute Gasteiger partial charge is 0.490 e. The number of benzene rings is 1. The first-order valence-electron chi connectivity index (χ1n) is 15.4. The maximum atomic E-state index is 16.0. The number of hydrogen-bond donors (Lipinski definition) is 1. The molecule has 2 aromatic heterocycles. The van der Waals surface area contributed by atoms with Gasteiger partial charge in [-0.25, -0.2) is 18.6 Å². The number of tetrazole rings is 1. The Morgan fingerprint density at radius 2 is 1.82 bits per heavy atom. The molecule has 0 spiro atoms. The Kier molecular flexibility index (Phi) is 9.70. The monoisotopic (exact) mass is 629 g/mol. The van der Waals surface area contributed by atoms with Gasteiger partial charge >= 0.3 is 5.69 Å². The van der Waals surface area contributed by atoms with Gasteiger partial charge in [0.05, 0.1) is 11.9 Å². The number of piperidine rings is 1. The summed E-state index contributed by atoms with van der Waals surface area (Å²) in [5.41, 5.74) is -0.243. The number of fused-ring (bicyclic) bond motifs is 1. The molecule has 5 rings (SSSR count). The molecule has 1 N–H and O–H groups in total. The Labute approximate surface area is 262 Å². The Hall–Kier alpha value is -3.69. The van der Waals surface area contributed by atoms with E-state index in [-0.39, 0.29) is 53.6 Å². The number of aryl methyl sites for hydroxylation is 1. The summed E-state index contributed by atoms with van der Waals surface area (Å²) >= 11 is 0. The quantitative estimate of drug-likeness (QED) is 0.319. The fourth-order valence-electron chi connectivity index (χ4n) is 6.35. The average Bonchev–Trinajstić information content (AvgIpc) is 3.57. The minimum atomic E-state index is -0.618. The molecular formula is C30H45F2N11O2. The molecule has 13 nitrogen and oxygen atoms in total. The number of nitrogens with zero attached hydrogens (tertiary/aromatic N) is 10. The molecule has 0 amide bonds. The van der Waals surface area contributed by atoms with Crippen molar-refractivity contribution in [3.63, 3.8) is 0 Å². The van der Waals surface area contributed by atoms with E-state index in [2.05, 4.69) is 44.5 Å². The topological polar surface area (TPSA) is 113 Å². The van der Waals surface area contributed by atoms with E-state index >= 15 is 8.78 Å². The molecule has 45 heavy (non-hydrogen) atoms. The molecule has 3 aromatic rings. The van der Waals surface area contributed by atoms with Crippen LogP contribution in [0, 0.1) is 11.6 Å². The highest BCUT2D eigenvalue weighted by atomic mass is 19.1. The first-order valence-corrected chi connectivity index (χ1v) is 15.4. The molecule has 246 valence electrons. The number of ether oxygens (including phenoxy) is 1. The first-order chi connectivity index (χ1) is 21.3. The maximum Gasteiger partial charge on any atom is 0.368 e. The number of likely N-dealkylation sites (N-methyl/N-ethyl adjacent to an activating group) is 2. The van der Waals surface area contributed by atoms with Crippen molar-refractivity contribution >= 4 is 17.5 Å². The smallest absolute Gasteiger partial charge is 0.368 e. The van der Waals surface area contributed by atoms with Gasteiger partial charge in [-0.2, -0.15) is 14.3 Å². The van der Waals surface area contributed by atoms with Gasteiger partial charge in [0.15, 0.2) is 17.5 Å². The molecule has 0 aliphatic carbocycles. The van der Waals surface area contributed by atoms with Crippen LogP contribution in [0.1, 0.15) is 39.5 Å². The maximum absolute atomic E-state index is 16.0. The summed E-state index contributed by atoms with van der Waals surface area (Å²) < 4.78 is 39.3. The molecule has 4 heterocycles. The fourth-order valence-corrected chi connectivity index (χ4v) is 6.35. The molecule has 1 aromatic carbocycles. The Bertz CT molecular complexity index is 1540. The van der Waals surface area contributed by atoms with E-state index in [4.69, 9.17) is 4.74 Å². The van der Waals surface area contributed by atoms with Crippen molar-refractivity contribution in [2.45, 2.75) is 57.2 Å². The Balaban J connectivity index is 1.52. The summed E-state index contributed by atoms with van der Waals surface area (Å²) in [5, 5.41) is 11.2. The highest BCUT2D eigenvalue weighted by molar-refractivity contribution is 5.66. The van der Waals surface area contributed by atoms with Crippen LogP contribution in [0.15, 0.2) is 23.1 Å². The summed E-state index contributed by atoms with van der Waals surface area (Å²) in [4.78, 5) is 29.8. The lowest BCUT2D eigenvalue weighted by Gasteiger charge is -2.47. The Morgan fingerprint density at radius 3 is 2.51 bits per heavy atom. The lowest BCUT2D eigenvalue weighted by atomic mass is 9.84. The van der Waals surface area contributed by atoms with E-state index in [1.165, 1.54) is 25.6 Å². The van der Waals surface area contributed by atoms with Gasteiger partial charge in [-0.3, -0.25) is 4.90 Å². The summed E-state index contributed by atoms with van der Waals surface area (Å²) in [6, 6.07) is 3.18.